The van der Waals surface area contributed by atoms with E-state index in [0.717, 1.165) is 25.9 Å². The number of H-pyrrole nitrogens is 1. The summed E-state index contributed by atoms with van der Waals surface area (Å²) >= 11 is 12.1. The van der Waals surface area contributed by atoms with Crippen LogP contribution in [0.15, 0.2) is 48.7 Å². The van der Waals surface area contributed by atoms with Gasteiger partial charge in [-0.05, 0) is 48.6 Å². The summed E-state index contributed by atoms with van der Waals surface area (Å²) in [5.41, 5.74) is 3.05. The van der Waals surface area contributed by atoms with Crippen LogP contribution in [-0.2, 0) is 0 Å². The summed E-state index contributed by atoms with van der Waals surface area (Å²) in [6, 6.07) is 13.4. The highest BCUT2D eigenvalue weighted by Crippen LogP contribution is 2.34. The average molecular weight is 373 g/mol. The number of rotatable bonds is 2. The Balaban J connectivity index is 1.49. The normalized spacial score (nSPS) is 15.7. The second kappa shape index (κ2) is 6.74. The fourth-order valence-corrected chi connectivity index (χ4v) is 4.15. The van der Waals surface area contributed by atoms with E-state index in [1.807, 2.05) is 11.0 Å². The van der Waals surface area contributed by atoms with Gasteiger partial charge in [0.25, 0.3) is 5.91 Å². The molecule has 25 heavy (non-hydrogen) atoms. The van der Waals surface area contributed by atoms with Crippen molar-refractivity contribution < 1.29 is 4.79 Å². The first kappa shape index (κ1) is 16.5. The van der Waals surface area contributed by atoms with Gasteiger partial charge in [-0.1, -0.05) is 41.4 Å². The molecule has 5 heteroatoms. The van der Waals surface area contributed by atoms with Crippen molar-refractivity contribution in [2.45, 2.75) is 18.8 Å². The number of amides is 1. The maximum Gasteiger partial charge on any atom is 0.255 e. The number of halogens is 2. The summed E-state index contributed by atoms with van der Waals surface area (Å²) in [4.78, 5) is 18.0. The van der Waals surface area contributed by atoms with E-state index in [4.69, 9.17) is 23.2 Å². The maximum atomic E-state index is 12.7. The van der Waals surface area contributed by atoms with Gasteiger partial charge in [0.15, 0.2) is 0 Å². The number of likely N-dealkylation sites (tertiary alicyclic amines) is 1. The summed E-state index contributed by atoms with van der Waals surface area (Å²) in [5, 5.41) is 2.24. The van der Waals surface area contributed by atoms with Gasteiger partial charge in [0.05, 0.1) is 10.6 Å². The quantitative estimate of drug-likeness (QED) is 0.633. The molecule has 1 aromatic heterocycles. The van der Waals surface area contributed by atoms with Crippen LogP contribution in [0.2, 0.25) is 10.0 Å². The molecule has 0 aliphatic carbocycles. The second-order valence-corrected chi connectivity index (χ2v) is 7.32. The summed E-state index contributed by atoms with van der Waals surface area (Å²) in [5.74, 6) is 0.458. The first-order chi connectivity index (χ1) is 12.1. The minimum atomic E-state index is -0.0148. The van der Waals surface area contributed by atoms with E-state index in [1.54, 1.807) is 18.2 Å². The van der Waals surface area contributed by atoms with Crippen molar-refractivity contribution in [2.24, 2.45) is 0 Å². The van der Waals surface area contributed by atoms with Crippen molar-refractivity contribution in [3.63, 3.8) is 0 Å². The molecule has 3 nitrogen and oxygen atoms in total. The zero-order chi connectivity index (χ0) is 17.4. The first-order valence-corrected chi connectivity index (χ1v) is 9.19. The predicted octanol–water partition coefficient (Wildman–Crippen LogP) is 5.49. The van der Waals surface area contributed by atoms with Gasteiger partial charge in [-0.15, -0.1) is 0 Å². The van der Waals surface area contributed by atoms with Crippen LogP contribution < -0.4 is 0 Å². The fourth-order valence-electron chi connectivity index (χ4n) is 3.66. The number of carbonyl (C=O) groups is 1. The van der Waals surface area contributed by atoms with Crippen LogP contribution in [0.1, 0.15) is 34.7 Å². The molecule has 1 fully saturated rings. The fraction of sp³-hybridized carbons (Fsp3) is 0.250. The molecule has 0 spiro atoms. The predicted molar refractivity (Wildman–Crippen MR) is 103 cm³/mol. The molecular weight excluding hydrogens is 355 g/mol. The van der Waals surface area contributed by atoms with Crippen molar-refractivity contribution in [3.05, 3.63) is 69.8 Å². The van der Waals surface area contributed by atoms with E-state index in [1.165, 1.54) is 16.5 Å². The van der Waals surface area contributed by atoms with Crippen molar-refractivity contribution in [3.8, 4) is 0 Å². The molecule has 0 unspecified atom stereocenters. The molecule has 0 bridgehead atoms. The Bertz CT molecular complexity index is 926. The SMILES string of the molecule is O=C(c1ccc(Cl)cc1Cl)N1CCC(c2c[nH]c3ccccc23)CC1. The molecule has 1 N–H and O–H groups in total. The summed E-state index contributed by atoms with van der Waals surface area (Å²) in [6.07, 6.45) is 4.03. The van der Waals surface area contributed by atoms with E-state index in [9.17, 15) is 4.79 Å². The number of aromatic amines is 1. The molecule has 0 saturated carbocycles. The Morgan fingerprint density at radius 3 is 2.60 bits per heavy atom. The third kappa shape index (κ3) is 3.14. The number of hydrogen-bond donors (Lipinski definition) is 1. The molecule has 1 aliphatic heterocycles. The van der Waals surface area contributed by atoms with Gasteiger partial charge in [0.2, 0.25) is 0 Å². The number of benzene rings is 2. The zero-order valence-electron chi connectivity index (χ0n) is 13.6. The molecule has 1 amide bonds. The number of nitrogens with one attached hydrogen (secondary N) is 1. The molecule has 2 aromatic carbocycles. The molecule has 1 aliphatic rings. The lowest BCUT2D eigenvalue weighted by Gasteiger charge is -2.32. The Morgan fingerprint density at radius 1 is 1.08 bits per heavy atom. The standard InChI is InChI=1S/C20H18Cl2N2O/c21-14-5-6-16(18(22)11-14)20(25)24-9-7-13(8-10-24)17-12-23-19-4-2-1-3-15(17)19/h1-6,11-13,23H,7-10H2. The van der Waals surface area contributed by atoms with Gasteiger partial charge in [-0.25, -0.2) is 0 Å². The molecule has 0 atom stereocenters. The monoisotopic (exact) mass is 372 g/mol. The summed E-state index contributed by atoms with van der Waals surface area (Å²) in [6.45, 7) is 1.48. The van der Waals surface area contributed by atoms with Crippen LogP contribution in [-0.4, -0.2) is 28.9 Å². The van der Waals surface area contributed by atoms with Gasteiger partial charge in [-0.2, -0.15) is 0 Å². The lowest BCUT2D eigenvalue weighted by Crippen LogP contribution is -2.38. The Kier molecular flexibility index (Phi) is 4.45. The van der Waals surface area contributed by atoms with Gasteiger partial charge in [0.1, 0.15) is 0 Å². The largest absolute Gasteiger partial charge is 0.361 e. The highest BCUT2D eigenvalue weighted by Gasteiger charge is 2.26. The van der Waals surface area contributed by atoms with Gasteiger partial charge in [0, 0.05) is 35.2 Å². The highest BCUT2D eigenvalue weighted by molar-refractivity contribution is 6.36. The van der Waals surface area contributed by atoms with Crippen LogP contribution in [0, 0.1) is 0 Å². The summed E-state index contributed by atoms with van der Waals surface area (Å²) < 4.78 is 0. The van der Waals surface area contributed by atoms with E-state index in [0.29, 0.717) is 21.5 Å². The van der Waals surface area contributed by atoms with Gasteiger partial charge >= 0.3 is 0 Å². The number of nitrogens with zero attached hydrogens (tertiary/aromatic N) is 1. The van der Waals surface area contributed by atoms with Crippen molar-refractivity contribution in [2.75, 3.05) is 13.1 Å². The van der Waals surface area contributed by atoms with Crippen LogP contribution in [0.5, 0.6) is 0 Å². The van der Waals surface area contributed by atoms with Crippen LogP contribution in [0.4, 0.5) is 0 Å². The molecule has 1 saturated heterocycles. The van der Waals surface area contributed by atoms with E-state index in [2.05, 4.69) is 29.4 Å². The lowest BCUT2D eigenvalue weighted by molar-refractivity contribution is 0.0713. The number of carbonyl (C=O) groups excluding carboxylic acids is 1. The molecular formula is C20H18Cl2N2O. The molecule has 4 rings (SSSR count). The molecule has 0 radical (unpaired) electrons. The lowest BCUT2D eigenvalue weighted by atomic mass is 9.89. The van der Waals surface area contributed by atoms with Crippen LogP contribution in [0.25, 0.3) is 10.9 Å². The average Bonchev–Trinajstić information content (AvgIpc) is 3.05. The molecule has 128 valence electrons. The molecule has 2 heterocycles. The van der Waals surface area contributed by atoms with Gasteiger partial charge in [-0.3, -0.25) is 4.79 Å². The van der Waals surface area contributed by atoms with Crippen LogP contribution in [0.3, 0.4) is 0 Å². The number of fused-ring (bicyclic) bond motifs is 1. The number of aromatic nitrogens is 1. The highest BCUT2D eigenvalue weighted by atomic mass is 35.5. The maximum absolute atomic E-state index is 12.7. The van der Waals surface area contributed by atoms with Gasteiger partial charge < -0.3 is 9.88 Å². The van der Waals surface area contributed by atoms with Crippen molar-refractivity contribution in [1.82, 2.24) is 9.88 Å². The minimum Gasteiger partial charge on any atom is -0.361 e. The van der Waals surface area contributed by atoms with E-state index >= 15 is 0 Å². The number of para-hydroxylation sites is 1. The van der Waals surface area contributed by atoms with Crippen LogP contribution >= 0.6 is 23.2 Å². The number of hydrogen-bond acceptors (Lipinski definition) is 1. The minimum absolute atomic E-state index is 0.0148. The van der Waals surface area contributed by atoms with E-state index < -0.39 is 0 Å². The Hall–Kier alpha value is -1.97. The van der Waals surface area contributed by atoms with Crippen molar-refractivity contribution in [1.29, 1.82) is 0 Å². The summed E-state index contributed by atoms with van der Waals surface area (Å²) in [7, 11) is 0. The Morgan fingerprint density at radius 2 is 1.84 bits per heavy atom. The topological polar surface area (TPSA) is 36.1 Å². The Labute approximate surface area is 156 Å². The van der Waals surface area contributed by atoms with Crippen molar-refractivity contribution >= 4 is 40.0 Å². The second-order valence-electron chi connectivity index (χ2n) is 6.48. The third-order valence-electron chi connectivity index (χ3n) is 5.00. The first-order valence-electron chi connectivity index (χ1n) is 8.44. The third-order valence-corrected chi connectivity index (χ3v) is 5.55. The smallest absolute Gasteiger partial charge is 0.255 e. The van der Waals surface area contributed by atoms with E-state index in [-0.39, 0.29) is 5.91 Å². The number of piperidine rings is 1. The molecule has 3 aromatic rings. The zero-order valence-corrected chi connectivity index (χ0v) is 15.1.